The van der Waals surface area contributed by atoms with Gasteiger partial charge in [-0.1, -0.05) is 198 Å². The molecule has 0 bridgehead atoms. The first-order chi connectivity index (χ1) is 31.2. The van der Waals surface area contributed by atoms with Crippen LogP contribution < -0.4 is 0 Å². The van der Waals surface area contributed by atoms with E-state index in [9.17, 15) is 0 Å². The summed E-state index contributed by atoms with van der Waals surface area (Å²) in [5.41, 5.74) is 2.98. The Morgan fingerprint density at radius 2 is 0.846 bits per heavy atom. The van der Waals surface area contributed by atoms with Crippen molar-refractivity contribution in [2.24, 2.45) is 11.8 Å². The second-order valence-corrected chi connectivity index (χ2v) is 24.9. The molecule has 0 saturated carbocycles. The third-order valence-corrected chi connectivity index (χ3v) is 18.0. The van der Waals surface area contributed by atoms with Crippen molar-refractivity contribution in [3.63, 3.8) is 0 Å². The molecule has 65 heavy (non-hydrogen) atoms. The summed E-state index contributed by atoms with van der Waals surface area (Å²) in [7, 11) is 0. The number of thiophene rings is 2. The number of rotatable bonds is 31. The van der Waals surface area contributed by atoms with Gasteiger partial charge < -0.3 is 9.80 Å². The van der Waals surface area contributed by atoms with Gasteiger partial charge in [-0.05, 0) is 67.2 Å². The van der Waals surface area contributed by atoms with Gasteiger partial charge in [-0.2, -0.15) is 0 Å². The molecule has 2 aliphatic heterocycles. The second kappa shape index (κ2) is 26.3. The molecule has 5 rings (SSSR count). The molecule has 0 spiro atoms. The number of carbonyl (C=O) groups excluding carboxylic acids is 2. The zero-order chi connectivity index (χ0) is 47.0. The predicted octanol–water partition coefficient (Wildman–Crippen LogP) is 18.0. The van der Waals surface area contributed by atoms with Crippen molar-refractivity contribution in [1.29, 1.82) is 0 Å². The van der Waals surface area contributed by atoms with E-state index in [-0.39, 0.29) is 22.6 Å². The highest BCUT2D eigenvalue weighted by atomic mass is 32.1. The lowest BCUT2D eigenvalue weighted by Gasteiger charge is -2.29. The SMILES string of the molecule is CCCCCCCCC(CCCCCC)CN1C(=O)C2=C(c3ccc(C(C)(C)C)s3)N(CC(CCCCCC)CCCCCCCC)C(=O)C2=C1c1ccc(-c2cnc(C(C)(C)C)s2)s1. The highest BCUT2D eigenvalue weighted by Crippen LogP contribution is 2.51. The van der Waals surface area contributed by atoms with E-state index in [2.05, 4.69) is 103 Å². The Morgan fingerprint density at radius 3 is 1.25 bits per heavy atom. The van der Waals surface area contributed by atoms with Gasteiger partial charge in [0, 0.05) is 34.5 Å². The first-order valence-electron chi connectivity index (χ1n) is 26.5. The molecule has 362 valence electrons. The zero-order valence-electron chi connectivity index (χ0n) is 42.8. The Hall–Kier alpha value is -2.55. The van der Waals surface area contributed by atoms with Gasteiger partial charge in [0.15, 0.2) is 0 Å². The summed E-state index contributed by atoms with van der Waals surface area (Å²) in [5, 5.41) is 1.12. The van der Waals surface area contributed by atoms with Crippen molar-refractivity contribution in [2.75, 3.05) is 13.1 Å². The van der Waals surface area contributed by atoms with Crippen molar-refractivity contribution in [3.05, 3.63) is 61.2 Å². The van der Waals surface area contributed by atoms with Gasteiger partial charge in [-0.3, -0.25) is 9.59 Å². The van der Waals surface area contributed by atoms with Crippen molar-refractivity contribution in [2.45, 2.75) is 234 Å². The molecule has 0 fully saturated rings. The minimum absolute atomic E-state index is 0.0300. The molecule has 2 unspecified atom stereocenters. The lowest BCUT2D eigenvalue weighted by molar-refractivity contribution is -0.124. The van der Waals surface area contributed by atoms with Crippen LogP contribution in [0.25, 0.3) is 21.1 Å². The standard InChI is InChI=1S/C57H89N3O2S3/c1-11-15-19-23-25-29-33-42(31-27-21-17-13-3)40-59-51(45-36-35-44(63-45)47-39-58-55(65-47)57(8,9)10)49-50(54(59)62)52(46-37-38-48(64-46)56(5,6)7)60(53(49)61)41-43(32-28-22-18-14-4)34-30-26-24-20-16-12-2/h35-39,42-43H,11-34,40-41H2,1-10H3. The fraction of sp³-hybridized carbons (Fsp3) is 0.702. The van der Waals surface area contributed by atoms with E-state index in [1.54, 1.807) is 34.0 Å². The maximum atomic E-state index is 15.7. The van der Waals surface area contributed by atoms with E-state index in [1.165, 1.54) is 133 Å². The quantitative estimate of drug-likeness (QED) is 0.0604. The Kier molecular flexibility index (Phi) is 21.6. The van der Waals surface area contributed by atoms with E-state index in [0.717, 1.165) is 61.6 Å². The number of aromatic nitrogens is 1. The molecule has 0 saturated heterocycles. The zero-order valence-corrected chi connectivity index (χ0v) is 45.3. The van der Waals surface area contributed by atoms with Crippen LogP contribution in [-0.4, -0.2) is 39.7 Å². The molecule has 3 aromatic rings. The summed E-state index contributed by atoms with van der Waals surface area (Å²) in [4.78, 5) is 46.1. The normalized spacial score (nSPS) is 15.7. The summed E-state index contributed by atoms with van der Waals surface area (Å²) >= 11 is 5.27. The van der Waals surface area contributed by atoms with Crippen LogP contribution in [0.4, 0.5) is 0 Å². The van der Waals surface area contributed by atoms with Crippen LogP contribution in [0.3, 0.4) is 0 Å². The molecule has 2 atom stereocenters. The highest BCUT2D eigenvalue weighted by Gasteiger charge is 2.50. The van der Waals surface area contributed by atoms with Crippen LogP contribution in [0.1, 0.15) is 243 Å². The average molecular weight is 945 g/mol. The second-order valence-electron chi connectivity index (χ2n) is 21.7. The molecule has 0 radical (unpaired) electrons. The number of nitrogens with zero attached hydrogens (tertiary/aromatic N) is 3. The molecule has 2 amide bonds. The molecule has 2 aliphatic rings. The summed E-state index contributed by atoms with van der Waals surface area (Å²) < 4.78 is 0. The van der Waals surface area contributed by atoms with Gasteiger partial charge >= 0.3 is 0 Å². The monoisotopic (exact) mass is 944 g/mol. The summed E-state index contributed by atoms with van der Waals surface area (Å²) in [5.74, 6) is 0.855. The Labute approximate surface area is 409 Å². The fourth-order valence-corrected chi connectivity index (χ4v) is 13.0. The lowest BCUT2D eigenvalue weighted by atomic mass is 9.93. The van der Waals surface area contributed by atoms with E-state index in [1.807, 2.05) is 6.20 Å². The van der Waals surface area contributed by atoms with E-state index in [0.29, 0.717) is 36.1 Å². The van der Waals surface area contributed by atoms with Crippen molar-refractivity contribution in [1.82, 2.24) is 14.8 Å². The molecular formula is C57H89N3O2S3. The van der Waals surface area contributed by atoms with Crippen molar-refractivity contribution < 1.29 is 9.59 Å². The molecule has 5 heterocycles. The fourth-order valence-electron chi connectivity index (χ4n) is 9.77. The van der Waals surface area contributed by atoms with Gasteiger partial charge in [0.2, 0.25) is 0 Å². The van der Waals surface area contributed by atoms with E-state index >= 15 is 9.59 Å². The van der Waals surface area contributed by atoms with Gasteiger partial charge in [0.05, 0.1) is 42.2 Å². The van der Waals surface area contributed by atoms with E-state index < -0.39 is 0 Å². The predicted molar refractivity (Wildman–Crippen MR) is 285 cm³/mol. The van der Waals surface area contributed by atoms with E-state index in [4.69, 9.17) is 4.98 Å². The van der Waals surface area contributed by atoms with Crippen LogP contribution >= 0.6 is 34.0 Å². The van der Waals surface area contributed by atoms with Crippen LogP contribution in [-0.2, 0) is 20.4 Å². The number of fused-ring (bicyclic) bond motifs is 1. The molecule has 0 aliphatic carbocycles. The van der Waals surface area contributed by atoms with Crippen molar-refractivity contribution >= 4 is 57.2 Å². The van der Waals surface area contributed by atoms with Crippen LogP contribution in [0.15, 0.2) is 41.6 Å². The number of carbonyl (C=O) groups is 2. The molecular weight excluding hydrogens is 855 g/mol. The third kappa shape index (κ3) is 15.0. The van der Waals surface area contributed by atoms with Gasteiger partial charge in [0.25, 0.3) is 11.8 Å². The van der Waals surface area contributed by atoms with Gasteiger partial charge in [0.1, 0.15) is 0 Å². The largest absolute Gasteiger partial charge is 0.306 e. The average Bonchev–Trinajstić information content (AvgIpc) is 4.12. The smallest absolute Gasteiger partial charge is 0.261 e. The van der Waals surface area contributed by atoms with Gasteiger partial charge in [-0.25, -0.2) is 4.98 Å². The molecule has 0 aromatic carbocycles. The maximum Gasteiger partial charge on any atom is 0.261 e. The summed E-state index contributed by atoms with van der Waals surface area (Å²) in [6.45, 7) is 23.9. The third-order valence-electron chi connectivity index (χ3n) is 13.7. The molecule has 0 N–H and O–H groups in total. The van der Waals surface area contributed by atoms with Crippen LogP contribution in [0.2, 0.25) is 0 Å². The topological polar surface area (TPSA) is 53.5 Å². The Morgan fingerprint density at radius 1 is 0.462 bits per heavy atom. The Bertz CT molecular complexity index is 1980. The van der Waals surface area contributed by atoms with Crippen LogP contribution in [0.5, 0.6) is 0 Å². The lowest BCUT2D eigenvalue weighted by Crippen LogP contribution is -2.34. The number of hydrogen-bond donors (Lipinski definition) is 0. The van der Waals surface area contributed by atoms with Crippen LogP contribution in [0, 0.1) is 11.8 Å². The molecule has 3 aromatic heterocycles. The number of unbranched alkanes of at least 4 members (excludes halogenated alkanes) is 16. The first kappa shape index (κ1) is 53.4. The maximum absolute atomic E-state index is 15.7. The Balaban J connectivity index is 1.61. The first-order valence-corrected chi connectivity index (χ1v) is 29.0. The number of amides is 2. The molecule has 5 nitrogen and oxygen atoms in total. The molecule has 8 heteroatoms. The minimum Gasteiger partial charge on any atom is -0.306 e. The summed E-state index contributed by atoms with van der Waals surface area (Å²) in [6.07, 6.45) is 31.6. The summed E-state index contributed by atoms with van der Waals surface area (Å²) in [6, 6.07) is 8.86. The van der Waals surface area contributed by atoms with Crippen molar-refractivity contribution in [3.8, 4) is 9.75 Å². The number of thiazole rings is 1. The number of hydrogen-bond acceptors (Lipinski definition) is 6. The highest BCUT2D eigenvalue weighted by molar-refractivity contribution is 7.22. The minimum atomic E-state index is -0.0326. The van der Waals surface area contributed by atoms with Gasteiger partial charge in [-0.15, -0.1) is 34.0 Å².